The van der Waals surface area contributed by atoms with Crippen molar-refractivity contribution in [2.75, 3.05) is 6.54 Å². The number of carboxylic acids is 1. The van der Waals surface area contributed by atoms with Gasteiger partial charge in [0.2, 0.25) is 5.91 Å². The fourth-order valence-corrected chi connectivity index (χ4v) is 1.01. The van der Waals surface area contributed by atoms with Crippen LogP contribution in [0.4, 0.5) is 0 Å². The van der Waals surface area contributed by atoms with E-state index in [0.29, 0.717) is 0 Å². The maximum absolute atomic E-state index is 11.3. The summed E-state index contributed by atoms with van der Waals surface area (Å²) in [5.41, 5.74) is 0. The van der Waals surface area contributed by atoms with Crippen molar-refractivity contribution < 1.29 is 23.9 Å². The zero-order valence-corrected chi connectivity index (χ0v) is 9.10. The summed E-state index contributed by atoms with van der Waals surface area (Å²) in [4.78, 5) is 33.0. The molecule has 0 saturated heterocycles. The highest BCUT2D eigenvalue weighted by atomic mass is 16.4. The number of carbonyl (C=O) groups excluding carboxylic acids is 2. The molecule has 0 aromatic carbocycles. The summed E-state index contributed by atoms with van der Waals surface area (Å²) in [5.74, 6) is -2.17. The molecule has 1 aromatic rings. The molecule has 7 nitrogen and oxygen atoms in total. The van der Waals surface area contributed by atoms with Crippen LogP contribution in [0.3, 0.4) is 0 Å². The first kappa shape index (κ1) is 12.8. The quantitative estimate of drug-likeness (QED) is 0.648. The normalized spacial score (nSPS) is 11.6. The van der Waals surface area contributed by atoms with Crippen LogP contribution in [0.15, 0.2) is 22.8 Å². The van der Waals surface area contributed by atoms with Gasteiger partial charge in [-0.25, -0.2) is 0 Å². The van der Waals surface area contributed by atoms with Crippen LogP contribution in [0.1, 0.15) is 17.5 Å². The number of carbonyl (C=O) groups is 3. The molecule has 2 amide bonds. The van der Waals surface area contributed by atoms with E-state index in [1.165, 1.54) is 19.3 Å². The largest absolute Gasteiger partial charge is 0.480 e. The van der Waals surface area contributed by atoms with Crippen molar-refractivity contribution in [2.24, 2.45) is 0 Å². The molecule has 7 heteroatoms. The van der Waals surface area contributed by atoms with E-state index in [0.717, 1.165) is 0 Å². The summed E-state index contributed by atoms with van der Waals surface area (Å²) in [6.45, 7) is 1.02. The maximum atomic E-state index is 11.3. The second kappa shape index (κ2) is 5.69. The van der Waals surface area contributed by atoms with Gasteiger partial charge in [0, 0.05) is 0 Å². The van der Waals surface area contributed by atoms with Crippen LogP contribution >= 0.6 is 0 Å². The van der Waals surface area contributed by atoms with Gasteiger partial charge in [-0.15, -0.1) is 0 Å². The number of hydrogen-bond donors (Lipinski definition) is 3. The molecule has 3 N–H and O–H groups in total. The third-order valence-electron chi connectivity index (χ3n) is 1.90. The minimum Gasteiger partial charge on any atom is -0.480 e. The van der Waals surface area contributed by atoms with Crippen LogP contribution in [0.2, 0.25) is 0 Å². The summed E-state index contributed by atoms with van der Waals surface area (Å²) >= 11 is 0. The topological polar surface area (TPSA) is 109 Å². The minimum absolute atomic E-state index is 0.0871. The van der Waals surface area contributed by atoms with Crippen molar-refractivity contribution in [1.82, 2.24) is 10.6 Å². The number of nitrogens with one attached hydrogen (secondary N) is 2. The molecule has 1 unspecified atom stereocenters. The molecular weight excluding hydrogens is 228 g/mol. The number of hydrogen-bond acceptors (Lipinski definition) is 4. The van der Waals surface area contributed by atoms with Gasteiger partial charge >= 0.3 is 5.97 Å². The molecule has 0 aliphatic rings. The molecule has 17 heavy (non-hydrogen) atoms. The van der Waals surface area contributed by atoms with Gasteiger partial charge < -0.3 is 20.2 Å². The highest BCUT2D eigenvalue weighted by Crippen LogP contribution is 1.98. The minimum atomic E-state index is -1.14. The lowest BCUT2D eigenvalue weighted by Crippen LogP contribution is -2.43. The first-order chi connectivity index (χ1) is 8.00. The summed E-state index contributed by atoms with van der Waals surface area (Å²) < 4.78 is 4.81. The lowest BCUT2D eigenvalue weighted by molar-refractivity contribution is -0.141. The van der Waals surface area contributed by atoms with Crippen molar-refractivity contribution in [3.63, 3.8) is 0 Å². The van der Waals surface area contributed by atoms with Crippen LogP contribution in [-0.2, 0) is 9.59 Å². The first-order valence-electron chi connectivity index (χ1n) is 4.84. The second-order valence-electron chi connectivity index (χ2n) is 3.29. The Labute approximate surface area is 96.8 Å². The number of furan rings is 1. The average molecular weight is 240 g/mol. The standard InChI is InChI=1S/C10H12N2O5/c1-6(10(15)16)12-8(13)5-11-9(14)7-3-2-4-17-7/h2-4,6H,5H2,1H3,(H,11,14)(H,12,13)(H,15,16). The summed E-state index contributed by atoms with van der Waals surface area (Å²) in [6.07, 6.45) is 1.33. The van der Waals surface area contributed by atoms with Crippen LogP contribution in [-0.4, -0.2) is 35.5 Å². The summed E-state index contributed by atoms with van der Waals surface area (Å²) in [7, 11) is 0. The predicted octanol–water partition coefficient (Wildman–Crippen LogP) is -0.401. The van der Waals surface area contributed by atoms with Gasteiger partial charge in [0.05, 0.1) is 12.8 Å². The Hall–Kier alpha value is -2.31. The van der Waals surface area contributed by atoms with Gasteiger partial charge in [-0.1, -0.05) is 0 Å². The Bertz CT molecular complexity index is 412. The van der Waals surface area contributed by atoms with E-state index in [4.69, 9.17) is 9.52 Å². The SMILES string of the molecule is CC(NC(=O)CNC(=O)c1ccco1)C(=O)O. The van der Waals surface area contributed by atoms with E-state index in [1.807, 2.05) is 0 Å². The van der Waals surface area contributed by atoms with E-state index >= 15 is 0 Å². The van der Waals surface area contributed by atoms with E-state index in [9.17, 15) is 14.4 Å². The molecule has 0 fully saturated rings. The van der Waals surface area contributed by atoms with Crippen molar-refractivity contribution in [3.8, 4) is 0 Å². The first-order valence-corrected chi connectivity index (χ1v) is 4.84. The molecular formula is C10H12N2O5. The summed E-state index contributed by atoms with van der Waals surface area (Å²) in [5, 5.41) is 13.0. The van der Waals surface area contributed by atoms with Gasteiger partial charge in [0.1, 0.15) is 6.04 Å². The van der Waals surface area contributed by atoms with E-state index in [2.05, 4.69) is 10.6 Å². The lowest BCUT2D eigenvalue weighted by atomic mass is 10.3. The molecule has 0 spiro atoms. The van der Waals surface area contributed by atoms with E-state index in [1.54, 1.807) is 6.07 Å². The average Bonchev–Trinajstić information content (AvgIpc) is 2.79. The van der Waals surface area contributed by atoms with Crippen molar-refractivity contribution in [2.45, 2.75) is 13.0 Å². The Morgan fingerprint density at radius 1 is 1.47 bits per heavy atom. The highest BCUT2D eigenvalue weighted by Gasteiger charge is 2.15. The molecule has 0 bridgehead atoms. The third kappa shape index (κ3) is 3.98. The highest BCUT2D eigenvalue weighted by molar-refractivity contribution is 5.94. The van der Waals surface area contributed by atoms with Crippen molar-refractivity contribution >= 4 is 17.8 Å². The van der Waals surface area contributed by atoms with Gasteiger partial charge in [-0.2, -0.15) is 0 Å². The molecule has 0 radical (unpaired) electrons. The van der Waals surface area contributed by atoms with E-state index in [-0.39, 0.29) is 12.3 Å². The Morgan fingerprint density at radius 2 is 2.18 bits per heavy atom. The van der Waals surface area contributed by atoms with Crippen molar-refractivity contribution in [1.29, 1.82) is 0 Å². The van der Waals surface area contributed by atoms with Gasteiger partial charge in [-0.3, -0.25) is 14.4 Å². The zero-order valence-electron chi connectivity index (χ0n) is 9.10. The molecule has 92 valence electrons. The van der Waals surface area contributed by atoms with Crippen LogP contribution in [0, 0.1) is 0 Å². The molecule has 1 atom stereocenters. The number of carboxylic acid groups (broad SMARTS) is 1. The number of rotatable bonds is 5. The van der Waals surface area contributed by atoms with Gasteiger partial charge in [-0.05, 0) is 19.1 Å². The molecule has 0 aliphatic carbocycles. The summed E-state index contributed by atoms with van der Waals surface area (Å²) in [6, 6.07) is 2.00. The maximum Gasteiger partial charge on any atom is 0.325 e. The van der Waals surface area contributed by atoms with Crippen molar-refractivity contribution in [3.05, 3.63) is 24.2 Å². The fraction of sp³-hybridized carbons (Fsp3) is 0.300. The number of amides is 2. The number of aliphatic carboxylic acids is 1. The van der Waals surface area contributed by atoms with Crippen LogP contribution < -0.4 is 10.6 Å². The predicted molar refractivity (Wildman–Crippen MR) is 56.3 cm³/mol. The molecule has 1 heterocycles. The third-order valence-corrected chi connectivity index (χ3v) is 1.90. The van der Waals surface area contributed by atoms with Gasteiger partial charge in [0.15, 0.2) is 5.76 Å². The lowest BCUT2D eigenvalue weighted by Gasteiger charge is -2.09. The zero-order chi connectivity index (χ0) is 12.8. The molecule has 0 saturated carbocycles. The van der Waals surface area contributed by atoms with Crippen LogP contribution in [0.5, 0.6) is 0 Å². The van der Waals surface area contributed by atoms with Gasteiger partial charge in [0.25, 0.3) is 5.91 Å². The second-order valence-corrected chi connectivity index (χ2v) is 3.29. The fourth-order valence-electron chi connectivity index (χ4n) is 1.01. The smallest absolute Gasteiger partial charge is 0.325 e. The molecule has 0 aliphatic heterocycles. The Kier molecular flexibility index (Phi) is 4.27. The Balaban J connectivity index is 2.34. The Morgan fingerprint density at radius 3 is 2.71 bits per heavy atom. The van der Waals surface area contributed by atoms with E-state index < -0.39 is 23.8 Å². The van der Waals surface area contributed by atoms with Crippen LogP contribution in [0.25, 0.3) is 0 Å². The molecule has 1 aromatic heterocycles. The molecule has 1 rings (SSSR count). The monoisotopic (exact) mass is 240 g/mol.